The first-order chi connectivity index (χ1) is 5.04. The third kappa shape index (κ3) is 2.27. The van der Waals surface area contributed by atoms with Crippen LogP contribution >= 0.6 is 80.0 Å². The Balaban J connectivity index is 3.46. The minimum atomic E-state index is 0.526. The Morgan fingerprint density at radius 3 is 2.09 bits per heavy atom. The van der Waals surface area contributed by atoms with Crippen molar-refractivity contribution in [1.82, 2.24) is 0 Å². The highest BCUT2D eigenvalue weighted by Crippen LogP contribution is 2.35. The fourth-order valence-electron chi connectivity index (χ4n) is 0.544. The summed E-state index contributed by atoms with van der Waals surface area (Å²) in [5, 5.41) is 1.74. The molecule has 0 heterocycles. The van der Waals surface area contributed by atoms with Gasteiger partial charge in [0.25, 0.3) is 0 Å². The van der Waals surface area contributed by atoms with Crippen LogP contribution in [0.2, 0.25) is 15.1 Å². The largest absolute Gasteiger partial charge is 0.0826 e. The van der Waals surface area contributed by atoms with E-state index in [0.29, 0.717) is 15.1 Å². The Kier molecular flexibility index (Phi) is 4.03. The van der Waals surface area contributed by atoms with Crippen LogP contribution in [0.15, 0.2) is 6.07 Å². The first-order valence-corrected chi connectivity index (χ1v) is 5.81. The lowest BCUT2D eigenvalue weighted by Crippen LogP contribution is -1.82. The average Bonchev–Trinajstić information content (AvgIpc) is 1.97. The molecular formula is C6HCl3I2. The van der Waals surface area contributed by atoms with Gasteiger partial charge in [0.1, 0.15) is 0 Å². The topological polar surface area (TPSA) is 0 Å². The fourth-order valence-corrected chi connectivity index (χ4v) is 3.12. The van der Waals surface area contributed by atoms with Crippen LogP contribution in [0.3, 0.4) is 0 Å². The van der Waals surface area contributed by atoms with Crippen molar-refractivity contribution >= 4 is 80.0 Å². The van der Waals surface area contributed by atoms with Crippen LogP contribution in [0.1, 0.15) is 0 Å². The summed E-state index contributed by atoms with van der Waals surface area (Å²) in [6, 6.07) is 1.74. The average molecular weight is 433 g/mol. The molecule has 0 bridgehead atoms. The van der Waals surface area contributed by atoms with Gasteiger partial charge in [0.2, 0.25) is 0 Å². The normalized spacial score (nSPS) is 10.3. The first kappa shape index (κ1) is 10.6. The Morgan fingerprint density at radius 1 is 1.00 bits per heavy atom. The lowest BCUT2D eigenvalue weighted by Gasteiger charge is -2.03. The first-order valence-electron chi connectivity index (χ1n) is 2.52. The number of benzene rings is 1. The second kappa shape index (κ2) is 4.17. The molecule has 0 aromatic heterocycles. The van der Waals surface area contributed by atoms with Gasteiger partial charge < -0.3 is 0 Å². The third-order valence-corrected chi connectivity index (χ3v) is 5.12. The van der Waals surface area contributed by atoms with Gasteiger partial charge >= 0.3 is 0 Å². The Bertz CT molecular complexity index is 272. The van der Waals surface area contributed by atoms with Crippen LogP contribution < -0.4 is 0 Å². The van der Waals surface area contributed by atoms with Crippen molar-refractivity contribution < 1.29 is 0 Å². The summed E-state index contributed by atoms with van der Waals surface area (Å²) in [6.45, 7) is 0. The number of rotatable bonds is 0. The highest BCUT2D eigenvalue weighted by atomic mass is 127. The van der Waals surface area contributed by atoms with Crippen LogP contribution in [-0.2, 0) is 0 Å². The molecule has 0 aliphatic carbocycles. The molecule has 1 rings (SSSR count). The van der Waals surface area contributed by atoms with E-state index >= 15 is 0 Å². The fraction of sp³-hybridized carbons (Fsp3) is 0. The third-order valence-electron chi connectivity index (χ3n) is 1.06. The highest BCUT2D eigenvalue weighted by molar-refractivity contribution is 14.1. The van der Waals surface area contributed by atoms with E-state index in [4.69, 9.17) is 34.8 Å². The summed E-state index contributed by atoms with van der Waals surface area (Å²) in [5.74, 6) is 0. The van der Waals surface area contributed by atoms with Crippen LogP contribution in [0.4, 0.5) is 0 Å². The summed E-state index contributed by atoms with van der Waals surface area (Å²) in [4.78, 5) is 0. The van der Waals surface area contributed by atoms with Gasteiger partial charge in [-0.3, -0.25) is 0 Å². The van der Waals surface area contributed by atoms with Gasteiger partial charge in [-0.15, -0.1) is 0 Å². The molecule has 0 N–H and O–H groups in total. The Hall–Kier alpha value is 1.55. The Morgan fingerprint density at radius 2 is 1.55 bits per heavy atom. The second-order valence-corrected chi connectivity index (χ2v) is 5.19. The van der Waals surface area contributed by atoms with Gasteiger partial charge in [-0.2, -0.15) is 0 Å². The van der Waals surface area contributed by atoms with Crippen molar-refractivity contribution in [3.63, 3.8) is 0 Å². The standard InChI is InChI=1S/C6HCl3I2/c7-2-1-3(10)5(9)6(11)4(2)8/h1H. The zero-order valence-corrected chi connectivity index (χ0v) is 11.5. The second-order valence-electron chi connectivity index (χ2n) is 1.78. The summed E-state index contributed by atoms with van der Waals surface area (Å²) >= 11 is 21.7. The van der Waals surface area contributed by atoms with Gasteiger partial charge in [-0.25, -0.2) is 0 Å². The number of hydrogen-bond acceptors (Lipinski definition) is 0. The molecule has 0 radical (unpaired) electrons. The molecule has 0 aliphatic rings. The summed E-state index contributed by atoms with van der Waals surface area (Å²) in [6.07, 6.45) is 0. The van der Waals surface area contributed by atoms with Crippen LogP contribution in [-0.4, -0.2) is 0 Å². The van der Waals surface area contributed by atoms with E-state index in [1.165, 1.54) is 0 Å². The van der Waals surface area contributed by atoms with Gasteiger partial charge in [0, 0.05) is 3.57 Å². The smallest absolute Gasteiger partial charge is 0.0741 e. The molecule has 0 fully saturated rings. The van der Waals surface area contributed by atoms with E-state index < -0.39 is 0 Å². The molecule has 0 saturated heterocycles. The lowest BCUT2D eigenvalue weighted by molar-refractivity contribution is 1.59. The molecule has 0 saturated carbocycles. The minimum absolute atomic E-state index is 0.526. The van der Waals surface area contributed by atoms with E-state index in [1.807, 2.05) is 0 Å². The van der Waals surface area contributed by atoms with Gasteiger partial charge in [0.05, 0.1) is 18.6 Å². The van der Waals surface area contributed by atoms with E-state index in [-0.39, 0.29) is 0 Å². The molecule has 0 spiro atoms. The monoisotopic (exact) mass is 432 g/mol. The quantitative estimate of drug-likeness (QED) is 0.312. The maximum Gasteiger partial charge on any atom is 0.0741 e. The van der Waals surface area contributed by atoms with Crippen molar-refractivity contribution in [2.45, 2.75) is 0 Å². The maximum absolute atomic E-state index is 5.90. The predicted octanol–water partition coefficient (Wildman–Crippen LogP) is 4.86. The summed E-state index contributed by atoms with van der Waals surface area (Å²) in [7, 11) is 0. The zero-order chi connectivity index (χ0) is 8.59. The lowest BCUT2D eigenvalue weighted by atomic mass is 10.4. The number of hydrogen-bond donors (Lipinski definition) is 0. The van der Waals surface area contributed by atoms with Gasteiger partial charge in [-0.1, -0.05) is 34.8 Å². The van der Waals surface area contributed by atoms with Crippen molar-refractivity contribution in [2.75, 3.05) is 0 Å². The van der Waals surface area contributed by atoms with Crippen molar-refractivity contribution in [3.05, 3.63) is 28.3 Å². The predicted molar refractivity (Wildman–Crippen MR) is 66.9 cm³/mol. The van der Waals surface area contributed by atoms with E-state index in [2.05, 4.69) is 45.2 Å². The van der Waals surface area contributed by atoms with Crippen molar-refractivity contribution in [3.8, 4) is 0 Å². The summed E-state index contributed by atoms with van der Waals surface area (Å²) in [5.41, 5.74) is 0. The maximum atomic E-state index is 5.90. The van der Waals surface area contributed by atoms with Crippen LogP contribution in [0.5, 0.6) is 0 Å². The molecule has 0 aliphatic heterocycles. The molecular weight excluding hydrogens is 432 g/mol. The van der Waals surface area contributed by atoms with Crippen molar-refractivity contribution in [2.24, 2.45) is 0 Å². The van der Waals surface area contributed by atoms with E-state index in [9.17, 15) is 0 Å². The Labute approximate surface area is 107 Å². The molecule has 11 heavy (non-hydrogen) atoms. The molecule has 0 amide bonds. The van der Waals surface area contributed by atoms with Crippen LogP contribution in [0, 0.1) is 7.14 Å². The van der Waals surface area contributed by atoms with E-state index in [0.717, 1.165) is 7.14 Å². The molecule has 0 nitrogen and oxygen atoms in total. The molecule has 0 unspecified atom stereocenters. The van der Waals surface area contributed by atoms with Crippen LogP contribution in [0.25, 0.3) is 0 Å². The van der Waals surface area contributed by atoms with Gasteiger partial charge in [0.15, 0.2) is 0 Å². The molecule has 1 aromatic rings. The zero-order valence-electron chi connectivity index (χ0n) is 4.97. The van der Waals surface area contributed by atoms with Gasteiger partial charge in [-0.05, 0) is 51.2 Å². The molecule has 0 atom stereocenters. The summed E-state index contributed by atoms with van der Waals surface area (Å²) < 4.78 is 1.73. The molecule has 5 heteroatoms. The van der Waals surface area contributed by atoms with Crippen molar-refractivity contribution in [1.29, 1.82) is 0 Å². The molecule has 1 aromatic carbocycles. The van der Waals surface area contributed by atoms with E-state index in [1.54, 1.807) is 6.07 Å². The SMILES string of the molecule is Clc1cc(I)c(Cl)c(I)c1Cl. The number of halogens is 5. The highest BCUT2D eigenvalue weighted by Gasteiger charge is 2.10. The molecule has 60 valence electrons. The minimum Gasteiger partial charge on any atom is -0.0826 e.